The van der Waals surface area contributed by atoms with Crippen LogP contribution in [0.5, 0.6) is 0 Å². The first-order chi connectivity index (χ1) is 46.7. The molecule has 0 bridgehead atoms. The van der Waals surface area contributed by atoms with Crippen molar-refractivity contribution >= 4 is 11.9 Å². The second-order valence-electron chi connectivity index (χ2n) is 26.7. The third-order valence-electron chi connectivity index (χ3n) is 17.8. The number of hydrogen-bond acceptors (Lipinski definition) is 10. The van der Waals surface area contributed by atoms with Gasteiger partial charge in [-0.2, -0.15) is 0 Å². The highest BCUT2D eigenvalue weighted by Gasteiger charge is 2.47. The van der Waals surface area contributed by atoms with Crippen molar-refractivity contribution in [3.63, 3.8) is 0 Å². The van der Waals surface area contributed by atoms with Gasteiger partial charge in [0.25, 0.3) is 0 Å². The number of rotatable bonds is 67. The van der Waals surface area contributed by atoms with Crippen LogP contribution in [-0.2, 0) is 23.8 Å². The number of carbonyl (C=O) groups excluding carboxylic acids is 2. The van der Waals surface area contributed by atoms with Gasteiger partial charge < -0.3 is 45.1 Å². The van der Waals surface area contributed by atoms with Crippen molar-refractivity contribution in [1.29, 1.82) is 0 Å². The Morgan fingerprint density at radius 1 is 0.421 bits per heavy atom. The SMILES string of the molecule is CC/C=C\C/C=C\C/C=C\C/C=C\C/C=C\C/C=C\CCCCCCCCCC(O)C(=O)NC(COC1OC(CO)C(O)C(O)C1OC(=O)CCCCCCCCCCCCCCCC/C=C\C/C=C\C/C=C\CCCCC)C(O)/C=C/CCCCCCCCCCCCC. The molecule has 8 unspecified atom stereocenters. The van der Waals surface area contributed by atoms with Gasteiger partial charge in [-0.3, -0.25) is 9.59 Å². The molecule has 1 heterocycles. The van der Waals surface area contributed by atoms with Crippen LogP contribution in [-0.4, -0.2) is 99.6 Å². The third-order valence-corrected chi connectivity index (χ3v) is 17.8. The molecule has 0 radical (unpaired) electrons. The third kappa shape index (κ3) is 56.6. The summed E-state index contributed by atoms with van der Waals surface area (Å²) in [5.41, 5.74) is 0. The Balaban J connectivity index is 2.54. The lowest BCUT2D eigenvalue weighted by atomic mass is 9.99. The Labute approximate surface area is 582 Å². The first kappa shape index (κ1) is 89.1. The number of hydrogen-bond donors (Lipinski definition) is 6. The van der Waals surface area contributed by atoms with E-state index < -0.39 is 67.4 Å². The molecule has 1 rings (SSSR count). The molecule has 0 aromatic heterocycles. The summed E-state index contributed by atoms with van der Waals surface area (Å²) in [6, 6.07) is -1.04. The molecule has 1 saturated heterocycles. The number of nitrogens with one attached hydrogen (secondary N) is 1. The lowest BCUT2D eigenvalue weighted by Gasteiger charge is -2.41. The molecule has 1 aliphatic rings. The molecule has 0 spiro atoms. The summed E-state index contributed by atoms with van der Waals surface area (Å²) in [6.07, 6.45) is 88.1. The van der Waals surface area contributed by atoms with Crippen molar-refractivity contribution in [2.75, 3.05) is 13.2 Å². The number of ether oxygens (including phenoxy) is 3. The Kier molecular flexibility index (Phi) is 65.6. The smallest absolute Gasteiger partial charge is 0.306 e. The van der Waals surface area contributed by atoms with E-state index in [1.165, 1.54) is 161 Å². The number of aliphatic hydroxyl groups is 5. The summed E-state index contributed by atoms with van der Waals surface area (Å²) in [5.74, 6) is -1.20. The van der Waals surface area contributed by atoms with Gasteiger partial charge >= 0.3 is 5.97 Å². The van der Waals surface area contributed by atoms with Gasteiger partial charge in [0, 0.05) is 6.42 Å². The van der Waals surface area contributed by atoms with Crippen LogP contribution in [0.3, 0.4) is 0 Å². The minimum absolute atomic E-state index is 0.117. The van der Waals surface area contributed by atoms with E-state index in [1.54, 1.807) is 6.08 Å². The van der Waals surface area contributed by atoms with Crippen LogP contribution >= 0.6 is 0 Å². The molecular weight excluding hydrogens is 1180 g/mol. The molecule has 1 amide bonds. The summed E-state index contributed by atoms with van der Waals surface area (Å²) < 4.78 is 17.8. The van der Waals surface area contributed by atoms with Crippen LogP contribution in [0.2, 0.25) is 0 Å². The van der Waals surface area contributed by atoms with Crippen LogP contribution in [0.25, 0.3) is 0 Å². The first-order valence-corrected chi connectivity index (χ1v) is 39.3. The maximum Gasteiger partial charge on any atom is 0.306 e. The molecular formula is C84H145NO10. The predicted octanol–water partition coefficient (Wildman–Crippen LogP) is 21.3. The number of amides is 1. The van der Waals surface area contributed by atoms with Crippen molar-refractivity contribution in [3.05, 3.63) is 122 Å². The largest absolute Gasteiger partial charge is 0.454 e. The number of carbonyl (C=O) groups is 2. The Bertz CT molecular complexity index is 2020. The van der Waals surface area contributed by atoms with E-state index in [9.17, 15) is 35.1 Å². The van der Waals surface area contributed by atoms with Crippen molar-refractivity contribution in [3.8, 4) is 0 Å². The fourth-order valence-electron chi connectivity index (χ4n) is 11.7. The summed E-state index contributed by atoms with van der Waals surface area (Å²) >= 11 is 0. The first-order valence-electron chi connectivity index (χ1n) is 39.3. The second-order valence-corrected chi connectivity index (χ2v) is 26.7. The highest BCUT2D eigenvalue weighted by atomic mass is 16.7. The van der Waals surface area contributed by atoms with Crippen molar-refractivity contribution in [2.24, 2.45) is 0 Å². The molecule has 0 aliphatic carbocycles. The Morgan fingerprint density at radius 2 is 0.758 bits per heavy atom. The molecule has 6 N–H and O–H groups in total. The number of aliphatic hydroxyl groups excluding tert-OH is 5. The lowest BCUT2D eigenvalue weighted by Crippen LogP contribution is -2.61. The van der Waals surface area contributed by atoms with Gasteiger partial charge in [0.15, 0.2) is 12.4 Å². The monoisotopic (exact) mass is 1330 g/mol. The Hall–Kier alpha value is -3.94. The van der Waals surface area contributed by atoms with Gasteiger partial charge in [0.2, 0.25) is 5.91 Å². The van der Waals surface area contributed by atoms with Crippen molar-refractivity contribution in [1.82, 2.24) is 5.32 Å². The van der Waals surface area contributed by atoms with Crippen LogP contribution < -0.4 is 5.32 Å². The molecule has 1 fully saturated rings. The highest BCUT2D eigenvalue weighted by molar-refractivity contribution is 5.80. The van der Waals surface area contributed by atoms with E-state index in [0.29, 0.717) is 12.8 Å². The van der Waals surface area contributed by atoms with Crippen LogP contribution in [0, 0.1) is 0 Å². The van der Waals surface area contributed by atoms with E-state index in [1.807, 2.05) is 6.08 Å². The summed E-state index contributed by atoms with van der Waals surface area (Å²) in [5, 5.41) is 57.5. The molecule has 8 atom stereocenters. The van der Waals surface area contributed by atoms with Crippen molar-refractivity contribution in [2.45, 2.75) is 384 Å². The lowest BCUT2D eigenvalue weighted by molar-refractivity contribution is -0.305. The van der Waals surface area contributed by atoms with Crippen molar-refractivity contribution < 1.29 is 49.3 Å². The molecule has 0 aromatic rings. The quantitative estimate of drug-likeness (QED) is 0.0195. The van der Waals surface area contributed by atoms with Gasteiger partial charge in [-0.1, -0.05) is 335 Å². The van der Waals surface area contributed by atoms with Gasteiger partial charge in [0.1, 0.15) is 24.4 Å². The summed E-state index contributed by atoms with van der Waals surface area (Å²) in [4.78, 5) is 26.8. The van der Waals surface area contributed by atoms with Gasteiger partial charge in [-0.15, -0.1) is 0 Å². The normalized spacial score (nSPS) is 18.4. The molecule has 546 valence electrons. The minimum Gasteiger partial charge on any atom is -0.454 e. The number of allylic oxidation sites excluding steroid dienone is 19. The van der Waals surface area contributed by atoms with E-state index in [-0.39, 0.29) is 19.4 Å². The fraction of sp³-hybridized carbons (Fsp3) is 0.738. The molecule has 0 aromatic carbocycles. The van der Waals surface area contributed by atoms with E-state index >= 15 is 0 Å². The number of esters is 1. The fourth-order valence-corrected chi connectivity index (χ4v) is 11.7. The maximum absolute atomic E-state index is 13.5. The van der Waals surface area contributed by atoms with Gasteiger partial charge in [-0.05, 0) is 116 Å². The van der Waals surface area contributed by atoms with E-state index in [4.69, 9.17) is 14.2 Å². The topological polar surface area (TPSA) is 175 Å². The van der Waals surface area contributed by atoms with Crippen LogP contribution in [0.4, 0.5) is 0 Å². The van der Waals surface area contributed by atoms with Gasteiger partial charge in [0.05, 0.1) is 25.4 Å². The Morgan fingerprint density at radius 3 is 1.16 bits per heavy atom. The maximum atomic E-state index is 13.5. The van der Waals surface area contributed by atoms with E-state index in [2.05, 4.69) is 135 Å². The summed E-state index contributed by atoms with van der Waals surface area (Å²) in [6.45, 7) is 5.68. The zero-order valence-electron chi connectivity index (χ0n) is 61.0. The van der Waals surface area contributed by atoms with E-state index in [0.717, 1.165) is 128 Å². The predicted molar refractivity (Wildman–Crippen MR) is 402 cm³/mol. The van der Waals surface area contributed by atoms with Gasteiger partial charge in [-0.25, -0.2) is 0 Å². The van der Waals surface area contributed by atoms with Crippen LogP contribution in [0.1, 0.15) is 335 Å². The zero-order valence-corrected chi connectivity index (χ0v) is 61.0. The average molecular weight is 1330 g/mol. The molecule has 11 heteroatoms. The molecule has 1 aliphatic heterocycles. The standard InChI is InChI=1S/C84H145NO10/c1-4-7-10-13-16-19-22-25-27-29-31-33-35-37-39-41-43-45-47-49-51-54-57-60-63-66-69-72-79(89)95-82-81(91)80(90)78(73-86)94-84(82)93-74-75(76(87)70-67-64-61-58-55-52-24-21-18-15-12-9-6-3)85-83(92)77(88)71-68-65-62-59-56-53-50-48-46-44-42-40-38-36-34-32-30-28-26-23-20-17-14-11-8-5-2/h8,11,16-17,19-20,25-28,31-34,38,40,44,46,67,70,75-78,80-82,84,86-88,90-91H,4-7,9-10,12-15,18,21-24,29-30,35-37,39,41-43,45,47-66,68-69,71-74H2,1-3H3,(H,85,92)/b11-8-,19-16-,20-17-,27-25-,28-26-,33-31-,34-32-,40-38-,46-44-,70-67+. The summed E-state index contributed by atoms with van der Waals surface area (Å²) in [7, 11) is 0. The average Bonchev–Trinajstić information content (AvgIpc) is 0.829. The highest BCUT2D eigenvalue weighted by Crippen LogP contribution is 2.26. The van der Waals surface area contributed by atoms with Crippen LogP contribution in [0.15, 0.2) is 122 Å². The molecule has 0 saturated carbocycles. The number of unbranched alkanes of at least 4 members (excludes halogenated alkanes) is 35. The molecule has 95 heavy (non-hydrogen) atoms. The second kappa shape index (κ2) is 69.9. The zero-order chi connectivity index (χ0) is 68.8. The minimum atomic E-state index is -1.62. The molecule has 11 nitrogen and oxygen atoms in total.